The van der Waals surface area contributed by atoms with Crippen LogP contribution in [0.1, 0.15) is 24.7 Å². The number of carbonyl (C=O) groups excluding carboxylic acids is 1. The topological polar surface area (TPSA) is 75.7 Å². The third kappa shape index (κ3) is 6.11. The van der Waals surface area contributed by atoms with Gasteiger partial charge in [-0.05, 0) is 29.8 Å². The SMILES string of the molecule is COc1cc(C=CCN(CCC#N)Cc2ccco2)ccc1OC(C)=O. The minimum atomic E-state index is -0.391. The molecular formula is C20H22N2O4. The predicted octanol–water partition coefficient (Wildman–Crippen LogP) is 3.64. The van der Waals surface area contributed by atoms with Gasteiger partial charge in [-0.2, -0.15) is 5.26 Å². The molecule has 0 unspecified atom stereocenters. The Labute approximate surface area is 153 Å². The van der Waals surface area contributed by atoms with E-state index in [0.29, 0.717) is 37.6 Å². The standard InChI is InChI=1S/C20H22N2O4/c1-16(23)26-19-9-8-17(14-20(19)24-2)6-3-11-22(12-5-10-21)15-18-7-4-13-25-18/h3-4,6-9,13-14H,5,11-12,15H2,1-2H3. The van der Waals surface area contributed by atoms with Crippen LogP contribution in [0.15, 0.2) is 47.1 Å². The summed E-state index contributed by atoms with van der Waals surface area (Å²) in [7, 11) is 1.53. The van der Waals surface area contributed by atoms with E-state index in [2.05, 4.69) is 11.0 Å². The molecule has 6 nitrogen and oxygen atoms in total. The fourth-order valence-corrected chi connectivity index (χ4v) is 2.43. The molecule has 136 valence electrons. The molecular weight excluding hydrogens is 332 g/mol. The first kappa shape index (κ1) is 19.3. The summed E-state index contributed by atoms with van der Waals surface area (Å²) < 4.78 is 15.7. The molecule has 0 spiro atoms. The molecule has 0 saturated carbocycles. The van der Waals surface area contributed by atoms with Crippen molar-refractivity contribution in [3.63, 3.8) is 0 Å². The monoisotopic (exact) mass is 354 g/mol. The lowest BCUT2D eigenvalue weighted by molar-refractivity contribution is -0.132. The minimum Gasteiger partial charge on any atom is -0.493 e. The molecule has 0 amide bonds. The van der Waals surface area contributed by atoms with E-state index in [-0.39, 0.29) is 0 Å². The Kier molecular flexibility index (Phi) is 7.47. The molecule has 2 aromatic rings. The molecule has 0 aliphatic carbocycles. The summed E-state index contributed by atoms with van der Waals surface area (Å²) in [4.78, 5) is 13.2. The Balaban J connectivity index is 2.01. The molecule has 0 bridgehead atoms. The van der Waals surface area contributed by atoms with Gasteiger partial charge in [0.25, 0.3) is 0 Å². The van der Waals surface area contributed by atoms with Gasteiger partial charge in [0.2, 0.25) is 0 Å². The maximum atomic E-state index is 11.1. The molecule has 0 saturated heterocycles. The van der Waals surface area contributed by atoms with Crippen LogP contribution in [-0.2, 0) is 11.3 Å². The Bertz CT molecular complexity index is 776. The first-order chi connectivity index (χ1) is 12.6. The fourth-order valence-electron chi connectivity index (χ4n) is 2.43. The van der Waals surface area contributed by atoms with Crippen LogP contribution in [0.3, 0.4) is 0 Å². The molecule has 1 aromatic carbocycles. The average Bonchev–Trinajstić information content (AvgIpc) is 3.13. The molecule has 1 aromatic heterocycles. The zero-order valence-corrected chi connectivity index (χ0v) is 15.0. The van der Waals surface area contributed by atoms with E-state index < -0.39 is 5.97 Å². The average molecular weight is 354 g/mol. The van der Waals surface area contributed by atoms with Gasteiger partial charge in [-0.1, -0.05) is 18.2 Å². The summed E-state index contributed by atoms with van der Waals surface area (Å²) in [5.41, 5.74) is 0.927. The van der Waals surface area contributed by atoms with Gasteiger partial charge in [-0.3, -0.25) is 9.69 Å². The molecule has 0 aliphatic heterocycles. The number of nitrogens with zero attached hydrogens (tertiary/aromatic N) is 2. The van der Waals surface area contributed by atoms with Crippen molar-refractivity contribution in [1.29, 1.82) is 5.26 Å². The van der Waals surface area contributed by atoms with Crippen LogP contribution < -0.4 is 9.47 Å². The number of rotatable bonds is 9. The highest BCUT2D eigenvalue weighted by Gasteiger charge is 2.08. The van der Waals surface area contributed by atoms with Gasteiger partial charge in [0.1, 0.15) is 5.76 Å². The van der Waals surface area contributed by atoms with E-state index in [9.17, 15) is 4.79 Å². The Morgan fingerprint density at radius 3 is 2.85 bits per heavy atom. The highest BCUT2D eigenvalue weighted by atomic mass is 16.6. The highest BCUT2D eigenvalue weighted by Crippen LogP contribution is 2.28. The quantitative estimate of drug-likeness (QED) is 0.505. The van der Waals surface area contributed by atoms with Crippen molar-refractivity contribution >= 4 is 12.0 Å². The van der Waals surface area contributed by atoms with Crippen molar-refractivity contribution in [2.75, 3.05) is 20.2 Å². The number of hydrogen-bond acceptors (Lipinski definition) is 6. The second-order valence-corrected chi connectivity index (χ2v) is 5.63. The number of methoxy groups -OCH3 is 1. The number of ether oxygens (including phenoxy) is 2. The summed E-state index contributed by atoms with van der Waals surface area (Å²) >= 11 is 0. The van der Waals surface area contributed by atoms with Crippen LogP contribution in [0, 0.1) is 11.3 Å². The van der Waals surface area contributed by atoms with Gasteiger partial charge < -0.3 is 13.9 Å². The maximum absolute atomic E-state index is 11.1. The first-order valence-corrected chi connectivity index (χ1v) is 8.27. The molecule has 6 heteroatoms. The molecule has 0 fully saturated rings. The van der Waals surface area contributed by atoms with Gasteiger partial charge in [-0.25, -0.2) is 0 Å². The van der Waals surface area contributed by atoms with Crippen LogP contribution in [0.4, 0.5) is 0 Å². The second-order valence-electron chi connectivity index (χ2n) is 5.63. The van der Waals surface area contributed by atoms with Crippen molar-refractivity contribution in [2.45, 2.75) is 19.9 Å². The molecule has 0 atom stereocenters. The van der Waals surface area contributed by atoms with Gasteiger partial charge in [0, 0.05) is 26.4 Å². The fraction of sp³-hybridized carbons (Fsp3) is 0.300. The predicted molar refractivity (Wildman–Crippen MR) is 97.6 cm³/mol. The highest BCUT2D eigenvalue weighted by molar-refractivity contribution is 5.71. The molecule has 0 aliphatic rings. The molecule has 0 N–H and O–H groups in total. The normalized spacial score (nSPS) is 10.8. The van der Waals surface area contributed by atoms with Gasteiger partial charge >= 0.3 is 5.97 Å². The van der Waals surface area contributed by atoms with E-state index in [1.54, 1.807) is 18.4 Å². The van der Waals surface area contributed by atoms with Crippen LogP contribution >= 0.6 is 0 Å². The zero-order chi connectivity index (χ0) is 18.8. The third-order valence-electron chi connectivity index (χ3n) is 3.61. The smallest absolute Gasteiger partial charge is 0.308 e. The number of furan rings is 1. The molecule has 1 heterocycles. The Morgan fingerprint density at radius 2 is 2.19 bits per heavy atom. The summed E-state index contributed by atoms with van der Waals surface area (Å²) in [6.45, 7) is 3.34. The second kappa shape index (κ2) is 10.1. The van der Waals surface area contributed by atoms with Crippen molar-refractivity contribution < 1.29 is 18.7 Å². The van der Waals surface area contributed by atoms with Crippen LogP contribution in [0.2, 0.25) is 0 Å². The molecule has 2 rings (SSSR count). The van der Waals surface area contributed by atoms with Crippen LogP contribution in [-0.4, -0.2) is 31.1 Å². The van der Waals surface area contributed by atoms with E-state index >= 15 is 0 Å². The van der Waals surface area contributed by atoms with Crippen molar-refractivity contribution in [3.05, 3.63) is 54.0 Å². The van der Waals surface area contributed by atoms with E-state index in [0.717, 1.165) is 11.3 Å². The van der Waals surface area contributed by atoms with Gasteiger partial charge in [0.15, 0.2) is 11.5 Å². The summed E-state index contributed by atoms with van der Waals surface area (Å²) in [6.07, 6.45) is 6.08. The van der Waals surface area contributed by atoms with Crippen molar-refractivity contribution in [2.24, 2.45) is 0 Å². The summed E-state index contributed by atoms with van der Waals surface area (Å²) in [5, 5.41) is 8.82. The van der Waals surface area contributed by atoms with Crippen LogP contribution in [0.5, 0.6) is 11.5 Å². The number of hydrogen-bond donors (Lipinski definition) is 0. The first-order valence-electron chi connectivity index (χ1n) is 8.27. The van der Waals surface area contributed by atoms with E-state index in [1.807, 2.05) is 30.4 Å². The lowest BCUT2D eigenvalue weighted by Gasteiger charge is -2.17. The Morgan fingerprint density at radius 1 is 1.35 bits per heavy atom. The van der Waals surface area contributed by atoms with E-state index in [4.69, 9.17) is 19.2 Å². The Hall–Kier alpha value is -3.04. The van der Waals surface area contributed by atoms with Crippen LogP contribution in [0.25, 0.3) is 6.08 Å². The lowest BCUT2D eigenvalue weighted by Crippen LogP contribution is -2.24. The molecule has 26 heavy (non-hydrogen) atoms. The van der Waals surface area contributed by atoms with Gasteiger partial charge in [-0.15, -0.1) is 0 Å². The zero-order valence-electron chi connectivity index (χ0n) is 15.0. The summed E-state index contributed by atoms with van der Waals surface area (Å²) in [6, 6.07) is 11.3. The number of esters is 1. The van der Waals surface area contributed by atoms with Gasteiger partial charge in [0.05, 0.1) is 26.0 Å². The third-order valence-corrected chi connectivity index (χ3v) is 3.61. The number of nitriles is 1. The summed E-state index contributed by atoms with van der Waals surface area (Å²) in [5.74, 6) is 1.37. The maximum Gasteiger partial charge on any atom is 0.308 e. The van der Waals surface area contributed by atoms with E-state index in [1.165, 1.54) is 14.0 Å². The van der Waals surface area contributed by atoms with Crippen molar-refractivity contribution in [1.82, 2.24) is 4.90 Å². The molecule has 0 radical (unpaired) electrons. The number of benzene rings is 1. The largest absolute Gasteiger partial charge is 0.493 e. The minimum absolute atomic E-state index is 0.391. The number of carbonyl (C=O) groups is 1. The van der Waals surface area contributed by atoms with Crippen molar-refractivity contribution in [3.8, 4) is 17.6 Å². The lowest BCUT2D eigenvalue weighted by atomic mass is 10.2.